The van der Waals surface area contributed by atoms with Crippen molar-refractivity contribution in [2.45, 2.75) is 31.7 Å². The third kappa shape index (κ3) is 1.73. The maximum Gasteiger partial charge on any atom is 0.0359 e. The quantitative estimate of drug-likeness (QED) is 0.731. The highest BCUT2D eigenvalue weighted by Gasteiger charge is 2.38. The van der Waals surface area contributed by atoms with Gasteiger partial charge in [0.05, 0.1) is 0 Å². The summed E-state index contributed by atoms with van der Waals surface area (Å²) in [4.78, 5) is 2.54. The highest BCUT2D eigenvalue weighted by Crippen LogP contribution is 2.51. The van der Waals surface area contributed by atoms with Crippen molar-refractivity contribution in [1.82, 2.24) is 4.90 Å². The van der Waals surface area contributed by atoms with Crippen LogP contribution >= 0.6 is 0 Å². The Labute approximate surface area is 121 Å². The normalized spacial score (nSPS) is 24.7. The maximum absolute atomic E-state index is 2.54. The summed E-state index contributed by atoms with van der Waals surface area (Å²) >= 11 is 0. The van der Waals surface area contributed by atoms with E-state index in [1.165, 1.54) is 36.1 Å². The van der Waals surface area contributed by atoms with Crippen LogP contribution < -0.4 is 0 Å². The van der Waals surface area contributed by atoms with Crippen LogP contribution in [-0.2, 0) is 0 Å². The van der Waals surface area contributed by atoms with E-state index >= 15 is 0 Å². The molecule has 2 aliphatic rings. The van der Waals surface area contributed by atoms with Crippen LogP contribution in [0.5, 0.6) is 0 Å². The van der Waals surface area contributed by atoms with E-state index in [4.69, 9.17) is 0 Å². The van der Waals surface area contributed by atoms with E-state index in [-0.39, 0.29) is 0 Å². The Morgan fingerprint density at radius 2 is 1.85 bits per heavy atom. The largest absolute Gasteiger partial charge is 0.299 e. The topological polar surface area (TPSA) is 3.24 Å². The van der Waals surface area contributed by atoms with Gasteiger partial charge < -0.3 is 0 Å². The van der Waals surface area contributed by atoms with E-state index in [9.17, 15) is 0 Å². The second-order valence-corrected chi connectivity index (χ2v) is 6.39. The zero-order valence-electron chi connectivity index (χ0n) is 12.3. The average Bonchev–Trinajstić information content (AvgIpc) is 2.79. The molecule has 1 heteroatoms. The molecule has 0 unspecified atom stereocenters. The number of piperidine rings is 1. The number of aryl methyl sites for hydroxylation is 1. The molecule has 0 saturated carbocycles. The average molecular weight is 263 g/mol. The molecule has 2 aromatic carbocycles. The van der Waals surface area contributed by atoms with Crippen molar-refractivity contribution in [3.8, 4) is 11.1 Å². The first-order valence-corrected chi connectivity index (χ1v) is 7.64. The number of likely N-dealkylation sites (tertiary alicyclic amines) is 1. The summed E-state index contributed by atoms with van der Waals surface area (Å²) in [6.45, 7) is 3.39. The lowest BCUT2D eigenvalue weighted by molar-refractivity contribution is 0.192. The molecule has 102 valence electrons. The standard InChI is InChI=1S/C19H21N/c1-13-6-8-14(9-7-13)16-4-3-5-17-15-10-11-20(2)18(12-15)19(16)17/h3-9,15,18H,10-12H2,1-2H3/t15-,18-/m1/s1. The summed E-state index contributed by atoms with van der Waals surface area (Å²) in [5.74, 6) is 0.789. The monoisotopic (exact) mass is 263 g/mol. The molecule has 1 aliphatic heterocycles. The Morgan fingerprint density at radius 1 is 1.05 bits per heavy atom. The lowest BCUT2D eigenvalue weighted by Crippen LogP contribution is -2.28. The molecule has 1 aliphatic carbocycles. The summed E-state index contributed by atoms with van der Waals surface area (Å²) < 4.78 is 0. The van der Waals surface area contributed by atoms with Crippen molar-refractivity contribution in [2.75, 3.05) is 13.6 Å². The molecule has 1 nitrogen and oxygen atoms in total. The number of rotatable bonds is 1. The van der Waals surface area contributed by atoms with Gasteiger partial charge in [0.1, 0.15) is 0 Å². The fourth-order valence-corrected chi connectivity index (χ4v) is 4.00. The first-order valence-electron chi connectivity index (χ1n) is 7.64. The van der Waals surface area contributed by atoms with Crippen LogP contribution in [0, 0.1) is 6.92 Å². The molecule has 4 rings (SSSR count). The fourth-order valence-electron chi connectivity index (χ4n) is 4.00. The first-order chi connectivity index (χ1) is 9.74. The van der Waals surface area contributed by atoms with Crippen molar-refractivity contribution in [3.63, 3.8) is 0 Å². The minimum Gasteiger partial charge on any atom is -0.299 e. The van der Waals surface area contributed by atoms with Gasteiger partial charge in [-0.15, -0.1) is 0 Å². The van der Waals surface area contributed by atoms with E-state index < -0.39 is 0 Å². The van der Waals surface area contributed by atoms with Gasteiger partial charge in [-0.1, -0.05) is 48.0 Å². The molecular formula is C19H21N. The molecule has 0 spiro atoms. The molecule has 0 amide bonds. The number of hydrogen-bond donors (Lipinski definition) is 0. The summed E-state index contributed by atoms with van der Waals surface area (Å²) in [5.41, 5.74) is 7.35. The predicted molar refractivity (Wildman–Crippen MR) is 84.0 cm³/mol. The molecule has 1 fully saturated rings. The molecule has 2 bridgehead atoms. The van der Waals surface area contributed by atoms with Crippen LogP contribution in [0.25, 0.3) is 11.1 Å². The van der Waals surface area contributed by atoms with Crippen molar-refractivity contribution in [2.24, 2.45) is 0 Å². The number of nitrogens with zero attached hydrogens (tertiary/aromatic N) is 1. The second-order valence-electron chi connectivity index (χ2n) is 6.39. The molecule has 2 atom stereocenters. The molecule has 0 N–H and O–H groups in total. The SMILES string of the molecule is Cc1ccc(-c2cccc3c2[C@H]2C[C@H]3CCN2C)cc1. The van der Waals surface area contributed by atoms with Crippen molar-refractivity contribution in [3.05, 3.63) is 59.2 Å². The Hall–Kier alpha value is -1.60. The Bertz CT molecular complexity index is 641. The van der Waals surface area contributed by atoms with Crippen molar-refractivity contribution in [1.29, 1.82) is 0 Å². The molecule has 1 saturated heterocycles. The predicted octanol–water partition coefficient (Wildman–Crippen LogP) is 4.53. The summed E-state index contributed by atoms with van der Waals surface area (Å²) in [5, 5.41) is 0. The van der Waals surface area contributed by atoms with Crippen LogP contribution in [0.3, 0.4) is 0 Å². The van der Waals surface area contributed by atoms with Crippen molar-refractivity contribution < 1.29 is 0 Å². The zero-order valence-corrected chi connectivity index (χ0v) is 12.3. The molecular weight excluding hydrogens is 242 g/mol. The van der Waals surface area contributed by atoms with E-state index in [1.54, 1.807) is 11.1 Å². The molecule has 2 aromatic rings. The minimum absolute atomic E-state index is 0.626. The van der Waals surface area contributed by atoms with Crippen LogP contribution in [0.2, 0.25) is 0 Å². The molecule has 0 radical (unpaired) electrons. The Morgan fingerprint density at radius 3 is 2.65 bits per heavy atom. The summed E-state index contributed by atoms with van der Waals surface area (Å²) in [6, 6.07) is 16.5. The lowest BCUT2D eigenvalue weighted by atomic mass is 9.93. The smallest absolute Gasteiger partial charge is 0.0359 e. The van der Waals surface area contributed by atoms with Gasteiger partial charge in [-0.2, -0.15) is 0 Å². The summed E-state index contributed by atoms with van der Waals surface area (Å²) in [6.07, 6.45) is 2.63. The van der Waals surface area contributed by atoms with Crippen LogP contribution in [-0.4, -0.2) is 18.5 Å². The number of fused-ring (bicyclic) bond motifs is 5. The van der Waals surface area contributed by atoms with E-state index in [0.717, 1.165) is 5.92 Å². The molecule has 20 heavy (non-hydrogen) atoms. The van der Waals surface area contributed by atoms with Crippen LogP contribution in [0.15, 0.2) is 42.5 Å². The first kappa shape index (κ1) is 12.2. The molecule has 1 heterocycles. The van der Waals surface area contributed by atoms with Gasteiger partial charge in [0.15, 0.2) is 0 Å². The number of benzene rings is 2. The van der Waals surface area contributed by atoms with E-state index in [0.29, 0.717) is 6.04 Å². The highest BCUT2D eigenvalue weighted by molar-refractivity contribution is 5.71. The van der Waals surface area contributed by atoms with E-state index in [2.05, 4.69) is 61.3 Å². The van der Waals surface area contributed by atoms with Gasteiger partial charge in [-0.3, -0.25) is 4.90 Å². The van der Waals surface area contributed by atoms with Gasteiger partial charge in [0.2, 0.25) is 0 Å². The second kappa shape index (κ2) is 4.46. The van der Waals surface area contributed by atoms with Crippen molar-refractivity contribution >= 4 is 0 Å². The molecule has 0 aromatic heterocycles. The van der Waals surface area contributed by atoms with Gasteiger partial charge in [-0.25, -0.2) is 0 Å². The Balaban J connectivity index is 1.89. The third-order valence-electron chi connectivity index (χ3n) is 5.15. The van der Waals surface area contributed by atoms with Crippen LogP contribution in [0.4, 0.5) is 0 Å². The van der Waals surface area contributed by atoms with Gasteiger partial charge in [-0.05, 0) is 61.5 Å². The maximum atomic E-state index is 2.54. The lowest BCUT2D eigenvalue weighted by Gasteiger charge is -2.30. The third-order valence-corrected chi connectivity index (χ3v) is 5.15. The number of hydrogen-bond acceptors (Lipinski definition) is 1. The van der Waals surface area contributed by atoms with Crippen LogP contribution in [0.1, 0.15) is 41.5 Å². The van der Waals surface area contributed by atoms with Gasteiger partial charge >= 0.3 is 0 Å². The fraction of sp³-hybridized carbons (Fsp3) is 0.368. The Kier molecular flexibility index (Phi) is 2.71. The van der Waals surface area contributed by atoms with Gasteiger partial charge in [0, 0.05) is 6.04 Å². The summed E-state index contributed by atoms with van der Waals surface area (Å²) in [7, 11) is 2.28. The zero-order chi connectivity index (χ0) is 13.7. The van der Waals surface area contributed by atoms with E-state index in [1.807, 2.05) is 0 Å². The highest BCUT2D eigenvalue weighted by atomic mass is 15.1. The minimum atomic E-state index is 0.626. The van der Waals surface area contributed by atoms with Gasteiger partial charge in [0.25, 0.3) is 0 Å².